The van der Waals surface area contributed by atoms with Crippen molar-refractivity contribution in [1.29, 1.82) is 0 Å². The van der Waals surface area contributed by atoms with E-state index in [9.17, 15) is 28.2 Å². The predicted octanol–water partition coefficient (Wildman–Crippen LogP) is 3.34. The fraction of sp³-hybridized carbons (Fsp3) is 0.529. The SMILES string of the molecule is Cc1cccc(C(=O)N2N=C(C(F)(F)F)[C@@H]3CCCCC[C@@]32O)c1O. The summed E-state index contributed by atoms with van der Waals surface area (Å²) in [6.07, 6.45) is -2.90. The maximum Gasteiger partial charge on any atom is 0.431 e. The van der Waals surface area contributed by atoms with Gasteiger partial charge in [-0.25, -0.2) is 0 Å². The van der Waals surface area contributed by atoms with Crippen molar-refractivity contribution in [2.24, 2.45) is 11.0 Å². The molecule has 2 aliphatic rings. The molecule has 1 aliphatic carbocycles. The fourth-order valence-electron chi connectivity index (χ4n) is 3.61. The van der Waals surface area contributed by atoms with Gasteiger partial charge in [-0.3, -0.25) is 4.79 Å². The minimum atomic E-state index is -4.73. The van der Waals surface area contributed by atoms with Crippen molar-refractivity contribution in [2.75, 3.05) is 0 Å². The number of benzene rings is 1. The molecule has 0 unspecified atom stereocenters. The smallest absolute Gasteiger partial charge is 0.431 e. The molecule has 8 heteroatoms. The van der Waals surface area contributed by atoms with E-state index in [-0.39, 0.29) is 24.2 Å². The van der Waals surface area contributed by atoms with Crippen LogP contribution in [-0.4, -0.2) is 38.7 Å². The first-order valence-electron chi connectivity index (χ1n) is 8.17. The lowest BCUT2D eigenvalue weighted by Gasteiger charge is -2.35. The summed E-state index contributed by atoms with van der Waals surface area (Å²) >= 11 is 0. The van der Waals surface area contributed by atoms with Crippen LogP contribution in [-0.2, 0) is 0 Å². The van der Waals surface area contributed by atoms with Crippen molar-refractivity contribution in [1.82, 2.24) is 5.01 Å². The van der Waals surface area contributed by atoms with Gasteiger partial charge in [-0.2, -0.15) is 23.3 Å². The van der Waals surface area contributed by atoms with Crippen LogP contribution >= 0.6 is 0 Å². The number of amides is 1. The summed E-state index contributed by atoms with van der Waals surface area (Å²) in [7, 11) is 0. The zero-order valence-electron chi connectivity index (χ0n) is 13.7. The van der Waals surface area contributed by atoms with E-state index in [1.54, 1.807) is 13.0 Å². The second kappa shape index (κ2) is 6.01. The lowest BCUT2D eigenvalue weighted by Crippen LogP contribution is -2.51. The van der Waals surface area contributed by atoms with E-state index in [2.05, 4.69) is 5.10 Å². The number of carbonyl (C=O) groups is 1. The summed E-state index contributed by atoms with van der Waals surface area (Å²) in [4.78, 5) is 12.8. The number of aryl methyl sites for hydroxylation is 1. The van der Waals surface area contributed by atoms with Gasteiger partial charge in [0.1, 0.15) is 11.5 Å². The molecule has 2 atom stereocenters. The van der Waals surface area contributed by atoms with Crippen molar-refractivity contribution < 1.29 is 28.2 Å². The van der Waals surface area contributed by atoms with Crippen LogP contribution in [0.5, 0.6) is 5.75 Å². The van der Waals surface area contributed by atoms with Crippen LogP contribution in [0.4, 0.5) is 13.2 Å². The fourth-order valence-corrected chi connectivity index (χ4v) is 3.61. The van der Waals surface area contributed by atoms with Crippen molar-refractivity contribution in [3.05, 3.63) is 29.3 Å². The molecular weight excluding hydrogens is 337 g/mol. The summed E-state index contributed by atoms with van der Waals surface area (Å²) in [6, 6.07) is 4.39. The lowest BCUT2D eigenvalue weighted by molar-refractivity contribution is -0.108. The number of aromatic hydroxyl groups is 1. The number of halogens is 3. The highest BCUT2D eigenvalue weighted by Gasteiger charge is 2.59. The van der Waals surface area contributed by atoms with Gasteiger partial charge in [-0.05, 0) is 37.8 Å². The average molecular weight is 356 g/mol. The van der Waals surface area contributed by atoms with Crippen LogP contribution in [0.1, 0.15) is 48.0 Å². The van der Waals surface area contributed by atoms with Gasteiger partial charge in [0.2, 0.25) is 0 Å². The van der Waals surface area contributed by atoms with E-state index in [0.29, 0.717) is 29.8 Å². The zero-order chi connectivity index (χ0) is 18.4. The number of phenols is 1. The number of fused-ring (bicyclic) bond motifs is 1. The molecule has 1 aromatic rings. The molecule has 1 aliphatic heterocycles. The first kappa shape index (κ1) is 17.7. The number of rotatable bonds is 1. The number of aliphatic hydroxyl groups is 1. The lowest BCUT2D eigenvalue weighted by atomic mass is 9.87. The highest BCUT2D eigenvalue weighted by Crippen LogP contribution is 2.45. The Balaban J connectivity index is 2.08. The normalized spacial score (nSPS) is 26.8. The Labute approximate surface area is 142 Å². The summed E-state index contributed by atoms with van der Waals surface area (Å²) in [5.41, 5.74) is -2.91. The Hall–Kier alpha value is -2.09. The van der Waals surface area contributed by atoms with E-state index in [0.717, 1.165) is 0 Å². The van der Waals surface area contributed by atoms with Crippen molar-refractivity contribution >= 4 is 11.6 Å². The van der Waals surface area contributed by atoms with E-state index >= 15 is 0 Å². The molecular formula is C17H19F3N2O3. The molecule has 5 nitrogen and oxygen atoms in total. The highest BCUT2D eigenvalue weighted by molar-refractivity contribution is 6.02. The summed E-state index contributed by atoms with van der Waals surface area (Å²) < 4.78 is 40.2. The molecule has 136 valence electrons. The second-order valence-electron chi connectivity index (χ2n) is 6.60. The molecule has 0 aromatic heterocycles. The van der Waals surface area contributed by atoms with E-state index < -0.39 is 29.4 Å². The standard InChI is InChI=1S/C17H19F3N2O3/c1-10-6-5-7-11(13(10)23)15(24)22-16(25)9-4-2-3-8-12(16)14(21-22)17(18,19)20/h5-7,12,23,25H,2-4,8-9H2,1H3/t12-,16+/m0/s1. The number of hydrogen-bond donors (Lipinski definition) is 2. The molecule has 1 amide bonds. The van der Waals surface area contributed by atoms with Gasteiger partial charge in [0.05, 0.1) is 11.5 Å². The minimum Gasteiger partial charge on any atom is -0.507 e. The third-order valence-electron chi connectivity index (χ3n) is 4.95. The van der Waals surface area contributed by atoms with Gasteiger partial charge in [0.25, 0.3) is 5.91 Å². The summed E-state index contributed by atoms with van der Waals surface area (Å²) in [6.45, 7) is 1.57. The molecule has 1 saturated carbocycles. The first-order valence-corrected chi connectivity index (χ1v) is 8.17. The number of hydrazone groups is 1. The van der Waals surface area contributed by atoms with Gasteiger partial charge in [0, 0.05) is 0 Å². The maximum absolute atomic E-state index is 13.4. The third-order valence-corrected chi connectivity index (χ3v) is 4.95. The number of carbonyl (C=O) groups excluding carboxylic acids is 1. The number of alkyl halides is 3. The van der Waals surface area contributed by atoms with Crippen LogP contribution in [0, 0.1) is 12.8 Å². The van der Waals surface area contributed by atoms with Crippen LogP contribution in [0.15, 0.2) is 23.3 Å². The molecule has 0 radical (unpaired) electrons. The molecule has 3 rings (SSSR count). The predicted molar refractivity (Wildman–Crippen MR) is 84.0 cm³/mol. The van der Waals surface area contributed by atoms with E-state index in [1.165, 1.54) is 12.1 Å². The number of nitrogens with zero attached hydrogens (tertiary/aromatic N) is 2. The largest absolute Gasteiger partial charge is 0.507 e. The Kier molecular flexibility index (Phi) is 4.26. The molecule has 25 heavy (non-hydrogen) atoms. The molecule has 1 fully saturated rings. The molecule has 1 heterocycles. The van der Waals surface area contributed by atoms with Gasteiger partial charge in [0.15, 0.2) is 5.72 Å². The molecule has 2 N–H and O–H groups in total. The summed E-state index contributed by atoms with van der Waals surface area (Å²) in [5.74, 6) is -2.53. The number of para-hydroxylation sites is 1. The van der Waals surface area contributed by atoms with Crippen LogP contribution < -0.4 is 0 Å². The Morgan fingerprint density at radius 2 is 2.04 bits per heavy atom. The maximum atomic E-state index is 13.4. The van der Waals surface area contributed by atoms with Gasteiger partial charge < -0.3 is 10.2 Å². The molecule has 0 bridgehead atoms. The van der Waals surface area contributed by atoms with Crippen LogP contribution in [0.2, 0.25) is 0 Å². The Morgan fingerprint density at radius 3 is 2.72 bits per heavy atom. The highest BCUT2D eigenvalue weighted by atomic mass is 19.4. The van der Waals surface area contributed by atoms with Gasteiger partial charge in [-0.1, -0.05) is 25.0 Å². The van der Waals surface area contributed by atoms with Gasteiger partial charge in [-0.15, -0.1) is 0 Å². The molecule has 1 aromatic carbocycles. The average Bonchev–Trinajstić information content (AvgIpc) is 2.69. The molecule has 0 spiro atoms. The van der Waals surface area contributed by atoms with E-state index in [4.69, 9.17) is 0 Å². The summed E-state index contributed by atoms with van der Waals surface area (Å²) in [5, 5.41) is 25.1. The molecule has 0 saturated heterocycles. The van der Waals surface area contributed by atoms with Crippen molar-refractivity contribution in [3.63, 3.8) is 0 Å². The van der Waals surface area contributed by atoms with Crippen LogP contribution in [0.25, 0.3) is 0 Å². The van der Waals surface area contributed by atoms with Gasteiger partial charge >= 0.3 is 6.18 Å². The third kappa shape index (κ3) is 2.88. The number of hydrogen-bond acceptors (Lipinski definition) is 4. The van der Waals surface area contributed by atoms with Crippen molar-refractivity contribution in [3.8, 4) is 5.75 Å². The van der Waals surface area contributed by atoms with Crippen molar-refractivity contribution in [2.45, 2.75) is 50.9 Å². The van der Waals surface area contributed by atoms with Crippen LogP contribution in [0.3, 0.4) is 0 Å². The number of phenolic OH excluding ortho intramolecular Hbond substituents is 1. The quantitative estimate of drug-likeness (QED) is 0.811. The Morgan fingerprint density at radius 1 is 1.32 bits per heavy atom. The van der Waals surface area contributed by atoms with E-state index in [1.807, 2.05) is 0 Å². The first-order chi connectivity index (χ1) is 11.7. The second-order valence-corrected chi connectivity index (χ2v) is 6.60. The monoisotopic (exact) mass is 356 g/mol. The zero-order valence-corrected chi connectivity index (χ0v) is 13.7. The topological polar surface area (TPSA) is 73.1 Å². The minimum absolute atomic E-state index is 0.0130. The Bertz CT molecular complexity index is 732.